The van der Waals surface area contributed by atoms with E-state index >= 15 is 0 Å². The number of hydrogen-bond acceptors (Lipinski definition) is 3. The van der Waals surface area contributed by atoms with Crippen LogP contribution >= 0.6 is 11.6 Å². The van der Waals surface area contributed by atoms with Gasteiger partial charge < -0.3 is 10.1 Å². The first-order valence-electron chi connectivity index (χ1n) is 7.80. The average Bonchev–Trinajstić information content (AvgIpc) is 2.58. The molecule has 2 aromatic rings. The SMILES string of the molecule is CC(=O)c1cc(Cl)ccc1OCC(=O)NCCCc1ccccc1. The van der Waals surface area contributed by atoms with E-state index in [-0.39, 0.29) is 18.3 Å². The van der Waals surface area contributed by atoms with E-state index in [1.807, 2.05) is 18.2 Å². The Hall–Kier alpha value is -2.33. The highest BCUT2D eigenvalue weighted by molar-refractivity contribution is 6.31. The van der Waals surface area contributed by atoms with E-state index in [9.17, 15) is 9.59 Å². The number of aryl methyl sites for hydroxylation is 1. The highest BCUT2D eigenvalue weighted by atomic mass is 35.5. The van der Waals surface area contributed by atoms with Crippen LogP contribution in [0.5, 0.6) is 5.75 Å². The van der Waals surface area contributed by atoms with Gasteiger partial charge in [-0.3, -0.25) is 9.59 Å². The number of ether oxygens (including phenoxy) is 1. The Labute approximate surface area is 146 Å². The Morgan fingerprint density at radius 1 is 1.12 bits per heavy atom. The number of carbonyl (C=O) groups excluding carboxylic acids is 2. The van der Waals surface area contributed by atoms with E-state index < -0.39 is 0 Å². The molecule has 0 saturated heterocycles. The molecule has 0 aliphatic rings. The highest BCUT2D eigenvalue weighted by Crippen LogP contribution is 2.23. The third kappa shape index (κ3) is 5.70. The molecular formula is C19H20ClNO3. The maximum absolute atomic E-state index is 11.8. The first-order valence-corrected chi connectivity index (χ1v) is 8.18. The molecule has 0 fully saturated rings. The maximum Gasteiger partial charge on any atom is 0.257 e. The molecule has 0 atom stereocenters. The van der Waals surface area contributed by atoms with Crippen molar-refractivity contribution < 1.29 is 14.3 Å². The van der Waals surface area contributed by atoms with Crippen LogP contribution in [0.4, 0.5) is 0 Å². The molecule has 0 saturated carbocycles. The van der Waals surface area contributed by atoms with Gasteiger partial charge in [0.25, 0.3) is 5.91 Å². The van der Waals surface area contributed by atoms with Gasteiger partial charge in [0.15, 0.2) is 12.4 Å². The number of amides is 1. The van der Waals surface area contributed by atoms with Crippen LogP contribution in [-0.2, 0) is 11.2 Å². The monoisotopic (exact) mass is 345 g/mol. The normalized spacial score (nSPS) is 10.2. The standard InChI is InChI=1S/C19H20ClNO3/c1-14(22)17-12-16(20)9-10-18(17)24-13-19(23)21-11-5-8-15-6-3-2-4-7-15/h2-4,6-7,9-10,12H,5,8,11,13H2,1H3,(H,21,23). The lowest BCUT2D eigenvalue weighted by molar-refractivity contribution is -0.123. The molecule has 1 amide bonds. The van der Waals surface area contributed by atoms with Crippen LogP contribution in [0.2, 0.25) is 5.02 Å². The molecule has 126 valence electrons. The van der Waals surface area contributed by atoms with Gasteiger partial charge in [-0.25, -0.2) is 0 Å². The number of carbonyl (C=O) groups is 2. The lowest BCUT2D eigenvalue weighted by Gasteiger charge is -2.10. The van der Waals surface area contributed by atoms with Gasteiger partial charge in [-0.05, 0) is 43.5 Å². The number of hydrogen-bond donors (Lipinski definition) is 1. The van der Waals surface area contributed by atoms with Crippen molar-refractivity contribution in [2.24, 2.45) is 0 Å². The van der Waals surface area contributed by atoms with E-state index in [1.165, 1.54) is 18.6 Å². The van der Waals surface area contributed by atoms with E-state index in [1.54, 1.807) is 12.1 Å². The average molecular weight is 346 g/mol. The topological polar surface area (TPSA) is 55.4 Å². The minimum atomic E-state index is -0.215. The van der Waals surface area contributed by atoms with Crippen LogP contribution in [0.1, 0.15) is 29.3 Å². The van der Waals surface area contributed by atoms with Crippen molar-refractivity contribution in [3.05, 3.63) is 64.7 Å². The van der Waals surface area contributed by atoms with Crippen molar-refractivity contribution >= 4 is 23.3 Å². The molecule has 2 rings (SSSR count). The fourth-order valence-electron chi connectivity index (χ4n) is 2.26. The molecule has 0 aromatic heterocycles. The van der Waals surface area contributed by atoms with Gasteiger partial charge in [0.05, 0.1) is 5.56 Å². The molecule has 0 aliphatic heterocycles. The summed E-state index contributed by atoms with van der Waals surface area (Å²) in [5, 5.41) is 3.26. The van der Waals surface area contributed by atoms with Crippen LogP contribution in [0.15, 0.2) is 48.5 Å². The zero-order chi connectivity index (χ0) is 17.4. The second-order valence-electron chi connectivity index (χ2n) is 5.42. The quantitative estimate of drug-likeness (QED) is 0.586. The molecule has 0 bridgehead atoms. The second-order valence-corrected chi connectivity index (χ2v) is 5.86. The Kier molecular flexibility index (Phi) is 6.82. The van der Waals surface area contributed by atoms with Crippen LogP contribution < -0.4 is 10.1 Å². The fraction of sp³-hybridized carbons (Fsp3) is 0.263. The van der Waals surface area contributed by atoms with Crippen molar-refractivity contribution in [2.75, 3.05) is 13.2 Å². The molecule has 0 heterocycles. The van der Waals surface area contributed by atoms with Crippen molar-refractivity contribution in [3.8, 4) is 5.75 Å². The lowest BCUT2D eigenvalue weighted by atomic mass is 10.1. The molecular weight excluding hydrogens is 326 g/mol. The maximum atomic E-state index is 11.8. The van der Waals surface area contributed by atoms with Crippen molar-refractivity contribution in [1.29, 1.82) is 0 Å². The Balaban J connectivity index is 1.74. The van der Waals surface area contributed by atoms with E-state index in [4.69, 9.17) is 16.3 Å². The van der Waals surface area contributed by atoms with Gasteiger partial charge in [-0.15, -0.1) is 0 Å². The van der Waals surface area contributed by atoms with E-state index in [0.29, 0.717) is 22.9 Å². The summed E-state index contributed by atoms with van der Waals surface area (Å²) in [6.45, 7) is 1.88. The summed E-state index contributed by atoms with van der Waals surface area (Å²) in [4.78, 5) is 23.4. The Morgan fingerprint density at radius 3 is 2.58 bits per heavy atom. The summed E-state index contributed by atoms with van der Waals surface area (Å²) < 4.78 is 5.44. The zero-order valence-corrected chi connectivity index (χ0v) is 14.3. The van der Waals surface area contributed by atoms with Gasteiger partial charge in [0.1, 0.15) is 5.75 Å². The molecule has 0 spiro atoms. The van der Waals surface area contributed by atoms with E-state index in [2.05, 4.69) is 17.4 Å². The van der Waals surface area contributed by atoms with Gasteiger partial charge >= 0.3 is 0 Å². The summed E-state index contributed by atoms with van der Waals surface area (Å²) in [7, 11) is 0. The third-order valence-corrected chi connectivity index (χ3v) is 3.72. The second kappa shape index (κ2) is 9.08. The molecule has 0 unspecified atom stereocenters. The minimum Gasteiger partial charge on any atom is -0.483 e. The number of Topliss-reactive ketones (excluding diaryl/α,β-unsaturated/α-hetero) is 1. The predicted octanol–water partition coefficient (Wildman–Crippen LogP) is 3.67. The number of rotatable bonds is 8. The van der Waals surface area contributed by atoms with Crippen LogP contribution in [0.25, 0.3) is 0 Å². The molecule has 0 radical (unpaired) electrons. The number of nitrogens with one attached hydrogen (secondary N) is 1. The molecule has 24 heavy (non-hydrogen) atoms. The van der Waals surface area contributed by atoms with Gasteiger partial charge in [0, 0.05) is 11.6 Å². The number of ketones is 1. The van der Waals surface area contributed by atoms with Gasteiger partial charge in [-0.1, -0.05) is 41.9 Å². The highest BCUT2D eigenvalue weighted by Gasteiger charge is 2.11. The number of halogens is 1. The van der Waals surface area contributed by atoms with Crippen LogP contribution in [0.3, 0.4) is 0 Å². The summed E-state index contributed by atoms with van der Waals surface area (Å²) in [6, 6.07) is 14.9. The van der Waals surface area contributed by atoms with Crippen LogP contribution in [0, 0.1) is 0 Å². The zero-order valence-electron chi connectivity index (χ0n) is 13.5. The third-order valence-electron chi connectivity index (χ3n) is 3.49. The molecule has 2 aromatic carbocycles. The van der Waals surface area contributed by atoms with Gasteiger partial charge in [0.2, 0.25) is 0 Å². The number of benzene rings is 2. The van der Waals surface area contributed by atoms with Crippen molar-refractivity contribution in [3.63, 3.8) is 0 Å². The minimum absolute atomic E-state index is 0.132. The largest absolute Gasteiger partial charge is 0.483 e. The predicted molar refractivity (Wildman–Crippen MR) is 94.7 cm³/mol. The molecule has 4 nitrogen and oxygen atoms in total. The Bertz CT molecular complexity index is 701. The lowest BCUT2D eigenvalue weighted by Crippen LogP contribution is -2.30. The van der Waals surface area contributed by atoms with E-state index in [0.717, 1.165) is 12.8 Å². The summed E-state index contributed by atoms with van der Waals surface area (Å²) in [5.74, 6) is -0.00498. The van der Waals surface area contributed by atoms with Gasteiger partial charge in [-0.2, -0.15) is 0 Å². The Morgan fingerprint density at radius 2 is 1.88 bits per heavy atom. The van der Waals surface area contributed by atoms with Crippen molar-refractivity contribution in [1.82, 2.24) is 5.32 Å². The fourth-order valence-corrected chi connectivity index (χ4v) is 2.43. The summed E-state index contributed by atoms with van der Waals surface area (Å²) in [6.07, 6.45) is 1.77. The smallest absolute Gasteiger partial charge is 0.257 e. The first kappa shape index (κ1) is 18.0. The summed E-state index contributed by atoms with van der Waals surface area (Å²) >= 11 is 5.87. The molecule has 1 N–H and O–H groups in total. The van der Waals surface area contributed by atoms with Crippen LogP contribution in [-0.4, -0.2) is 24.8 Å². The van der Waals surface area contributed by atoms with Crippen molar-refractivity contribution in [2.45, 2.75) is 19.8 Å². The molecule has 0 aliphatic carbocycles. The summed E-state index contributed by atoms with van der Waals surface area (Å²) in [5.41, 5.74) is 1.62. The first-order chi connectivity index (χ1) is 11.6. The molecule has 5 heteroatoms.